The molecule has 0 fully saturated rings. The molecule has 0 atom stereocenters. The van der Waals surface area contributed by atoms with E-state index in [4.69, 9.17) is 4.98 Å². The summed E-state index contributed by atoms with van der Waals surface area (Å²) in [4.78, 5) is 40.9. The number of nitrogens with zero attached hydrogens (tertiary/aromatic N) is 4. The van der Waals surface area contributed by atoms with Crippen molar-refractivity contribution in [2.75, 3.05) is 18.9 Å². The summed E-state index contributed by atoms with van der Waals surface area (Å²) in [5.74, 6) is 0.199. The molecule has 8 nitrogen and oxygen atoms in total. The van der Waals surface area contributed by atoms with Crippen LogP contribution in [0, 0.1) is 6.92 Å². The van der Waals surface area contributed by atoms with Gasteiger partial charge in [-0.3, -0.25) is 9.59 Å². The predicted molar refractivity (Wildman–Crippen MR) is 122 cm³/mol. The molecule has 0 bridgehead atoms. The second kappa shape index (κ2) is 7.44. The van der Waals surface area contributed by atoms with Gasteiger partial charge in [-0.15, -0.1) is 11.3 Å². The third kappa shape index (κ3) is 3.45. The first-order valence-electron chi connectivity index (χ1n) is 10.0. The van der Waals surface area contributed by atoms with Crippen LogP contribution < -0.4 is 10.9 Å². The minimum atomic E-state index is -0.253. The zero-order chi connectivity index (χ0) is 21.7. The molecule has 0 spiro atoms. The maximum atomic E-state index is 12.8. The number of aromatic amines is 1. The molecule has 0 saturated heterocycles. The van der Waals surface area contributed by atoms with Crippen LogP contribution in [0.4, 0.5) is 5.82 Å². The summed E-state index contributed by atoms with van der Waals surface area (Å²) in [6.45, 7) is 3.74. The average Bonchev–Trinajstić information content (AvgIpc) is 3.39. The number of anilines is 1. The third-order valence-corrected chi connectivity index (χ3v) is 6.69. The molecule has 2 N–H and O–H groups in total. The van der Waals surface area contributed by atoms with E-state index in [-0.39, 0.29) is 11.5 Å². The monoisotopic (exact) mass is 434 g/mol. The Morgan fingerprint density at radius 2 is 2.06 bits per heavy atom. The molecule has 4 aromatic heterocycles. The molecule has 1 aliphatic rings. The Balaban J connectivity index is 1.49. The molecule has 0 radical (unpaired) electrons. The number of aromatic nitrogens is 4. The minimum absolute atomic E-state index is 0.0933. The van der Waals surface area contributed by atoms with Crippen LogP contribution in [0.25, 0.3) is 22.2 Å². The van der Waals surface area contributed by atoms with Gasteiger partial charge >= 0.3 is 0 Å². The van der Waals surface area contributed by atoms with Crippen molar-refractivity contribution < 1.29 is 4.79 Å². The second-order valence-electron chi connectivity index (χ2n) is 7.92. The molecule has 0 saturated carbocycles. The standard InChI is InChI=1S/C22H22N6O2S/c1-12-4-5-17(26-20(29)21-24-15-7-9-27(2)11-16(15)31-21)25-18(12)14-10-28(3)22(30)19-13(14)6-8-23-19/h4-6,8,10,23H,7,9,11H2,1-3H3,(H,25,26,29). The van der Waals surface area contributed by atoms with E-state index in [1.807, 2.05) is 19.1 Å². The number of carbonyl (C=O) groups excluding carboxylic acids is 1. The first-order chi connectivity index (χ1) is 14.9. The van der Waals surface area contributed by atoms with Crippen molar-refractivity contribution >= 4 is 34.0 Å². The first kappa shape index (κ1) is 19.7. The maximum Gasteiger partial charge on any atom is 0.285 e. The number of thiazole rings is 1. The van der Waals surface area contributed by atoms with Crippen molar-refractivity contribution in [3.8, 4) is 11.3 Å². The number of hydrogen-bond acceptors (Lipinski definition) is 6. The SMILES string of the molecule is Cc1ccc(NC(=O)c2nc3c(s2)CN(C)CC3)nc1-c1cn(C)c(=O)c2[nH]ccc12. The molecule has 158 valence electrons. The lowest BCUT2D eigenvalue weighted by molar-refractivity contribution is 0.102. The molecule has 5 rings (SSSR count). The van der Waals surface area contributed by atoms with Crippen LogP contribution in [0.1, 0.15) is 25.9 Å². The fourth-order valence-corrected chi connectivity index (χ4v) is 5.00. The summed E-state index contributed by atoms with van der Waals surface area (Å²) in [5.41, 5.74) is 3.97. The lowest BCUT2D eigenvalue weighted by atomic mass is 10.1. The molecule has 9 heteroatoms. The van der Waals surface area contributed by atoms with E-state index >= 15 is 0 Å². The Hall–Kier alpha value is -3.30. The predicted octanol–water partition coefficient (Wildman–Crippen LogP) is 2.93. The zero-order valence-electron chi connectivity index (χ0n) is 17.5. The number of nitrogens with one attached hydrogen (secondary N) is 2. The summed E-state index contributed by atoms with van der Waals surface area (Å²) in [5, 5.41) is 4.15. The van der Waals surface area contributed by atoms with Crippen LogP contribution in [0.2, 0.25) is 0 Å². The largest absolute Gasteiger partial charge is 0.357 e. The fraction of sp³-hybridized carbons (Fsp3) is 0.273. The normalized spacial score (nSPS) is 14.0. The molecule has 0 aliphatic carbocycles. The molecular weight excluding hydrogens is 412 g/mol. The van der Waals surface area contributed by atoms with Crippen LogP contribution in [-0.4, -0.2) is 43.9 Å². The third-order valence-electron chi connectivity index (χ3n) is 5.60. The van der Waals surface area contributed by atoms with E-state index in [0.29, 0.717) is 16.3 Å². The average molecular weight is 435 g/mol. The van der Waals surface area contributed by atoms with Gasteiger partial charge in [0.2, 0.25) is 0 Å². The number of fused-ring (bicyclic) bond motifs is 2. The number of carbonyl (C=O) groups is 1. The molecule has 31 heavy (non-hydrogen) atoms. The van der Waals surface area contributed by atoms with Gasteiger partial charge < -0.3 is 19.8 Å². The van der Waals surface area contributed by atoms with Crippen LogP contribution >= 0.6 is 11.3 Å². The van der Waals surface area contributed by atoms with E-state index in [1.54, 1.807) is 25.5 Å². The highest BCUT2D eigenvalue weighted by Gasteiger charge is 2.22. The summed E-state index contributed by atoms with van der Waals surface area (Å²) >= 11 is 1.44. The highest BCUT2D eigenvalue weighted by Crippen LogP contribution is 2.29. The van der Waals surface area contributed by atoms with Crippen molar-refractivity contribution in [1.82, 2.24) is 24.4 Å². The molecule has 0 unspecified atom stereocenters. The lowest BCUT2D eigenvalue weighted by Crippen LogP contribution is -2.25. The van der Waals surface area contributed by atoms with Gasteiger partial charge in [0.25, 0.3) is 11.5 Å². The Kier molecular flexibility index (Phi) is 4.71. The molecule has 1 aliphatic heterocycles. The smallest absolute Gasteiger partial charge is 0.285 e. The van der Waals surface area contributed by atoms with Crippen molar-refractivity contribution in [2.24, 2.45) is 7.05 Å². The van der Waals surface area contributed by atoms with E-state index in [9.17, 15) is 9.59 Å². The van der Waals surface area contributed by atoms with Crippen LogP contribution in [0.3, 0.4) is 0 Å². The number of hydrogen-bond donors (Lipinski definition) is 2. The Bertz CT molecular complexity index is 1380. The maximum absolute atomic E-state index is 12.8. The van der Waals surface area contributed by atoms with Crippen molar-refractivity contribution in [2.45, 2.75) is 19.9 Å². The van der Waals surface area contributed by atoms with Crippen LogP contribution in [0.5, 0.6) is 0 Å². The lowest BCUT2D eigenvalue weighted by Gasteiger charge is -2.20. The number of likely N-dealkylation sites (N-methyl/N-ethyl adjacent to an activating group) is 1. The highest BCUT2D eigenvalue weighted by atomic mass is 32.1. The highest BCUT2D eigenvalue weighted by molar-refractivity contribution is 7.13. The van der Waals surface area contributed by atoms with Gasteiger partial charge in [0.1, 0.15) is 11.3 Å². The molecular formula is C22H22N6O2S. The van der Waals surface area contributed by atoms with Gasteiger partial charge in [-0.1, -0.05) is 6.07 Å². The van der Waals surface area contributed by atoms with E-state index < -0.39 is 0 Å². The summed E-state index contributed by atoms with van der Waals surface area (Å²) in [6, 6.07) is 5.58. The van der Waals surface area contributed by atoms with Gasteiger partial charge in [-0.05, 0) is 31.7 Å². The number of pyridine rings is 2. The van der Waals surface area contributed by atoms with E-state index in [1.165, 1.54) is 15.9 Å². The van der Waals surface area contributed by atoms with Gasteiger partial charge in [0.15, 0.2) is 5.01 Å². The summed E-state index contributed by atoms with van der Waals surface area (Å²) in [6.07, 6.45) is 4.39. The number of amides is 1. The van der Waals surface area contributed by atoms with Gasteiger partial charge in [0.05, 0.1) is 11.4 Å². The minimum Gasteiger partial charge on any atom is -0.357 e. The van der Waals surface area contributed by atoms with Gasteiger partial charge in [-0.25, -0.2) is 9.97 Å². The molecule has 1 amide bonds. The van der Waals surface area contributed by atoms with Crippen molar-refractivity contribution in [1.29, 1.82) is 0 Å². The Morgan fingerprint density at radius 3 is 2.90 bits per heavy atom. The van der Waals surface area contributed by atoms with Crippen LogP contribution in [-0.2, 0) is 20.0 Å². The van der Waals surface area contributed by atoms with Crippen LogP contribution in [0.15, 0.2) is 35.4 Å². The summed E-state index contributed by atoms with van der Waals surface area (Å²) in [7, 11) is 3.79. The quantitative estimate of drug-likeness (QED) is 0.517. The Morgan fingerprint density at radius 1 is 1.23 bits per heavy atom. The van der Waals surface area contributed by atoms with Crippen molar-refractivity contribution in [3.63, 3.8) is 0 Å². The first-order valence-corrected chi connectivity index (χ1v) is 10.9. The van der Waals surface area contributed by atoms with E-state index in [0.717, 1.165) is 52.3 Å². The number of H-pyrrole nitrogens is 1. The summed E-state index contributed by atoms with van der Waals surface area (Å²) < 4.78 is 1.54. The topological polar surface area (TPSA) is 95.9 Å². The van der Waals surface area contributed by atoms with Gasteiger partial charge in [-0.2, -0.15) is 0 Å². The van der Waals surface area contributed by atoms with E-state index in [2.05, 4.69) is 27.2 Å². The molecule has 5 heterocycles. The molecule has 4 aromatic rings. The zero-order valence-corrected chi connectivity index (χ0v) is 18.3. The fourth-order valence-electron chi connectivity index (χ4n) is 3.92. The second-order valence-corrected chi connectivity index (χ2v) is 9.00. The van der Waals surface area contributed by atoms with Gasteiger partial charge in [0, 0.05) is 54.8 Å². The Labute approximate surface area is 182 Å². The number of rotatable bonds is 3. The molecule has 0 aromatic carbocycles. The van der Waals surface area contributed by atoms with Crippen molar-refractivity contribution in [3.05, 3.63) is 62.1 Å². The number of aryl methyl sites for hydroxylation is 2.